The van der Waals surface area contributed by atoms with E-state index in [4.69, 9.17) is 17.2 Å². The molecule has 0 radical (unpaired) electrons. The van der Waals surface area contributed by atoms with Crippen LogP contribution in [0.25, 0.3) is 0 Å². The number of hydrogen-bond acceptors (Lipinski definition) is 15. The number of carbonyl (C=O) groups excluding carboxylic acids is 12. The van der Waals surface area contributed by atoms with Gasteiger partial charge in [-0.3, -0.25) is 62.3 Å². The van der Waals surface area contributed by atoms with E-state index in [2.05, 4.69) is 53.2 Å². The summed E-state index contributed by atoms with van der Waals surface area (Å²) in [6.45, 7) is 10.2. The lowest BCUT2D eigenvalue weighted by molar-refractivity contribution is -0.142. The van der Waals surface area contributed by atoms with E-state index in [1.54, 1.807) is 20.8 Å². The normalized spacial score (nSPS) is 26.0. The van der Waals surface area contributed by atoms with Crippen LogP contribution in [0.4, 0.5) is 4.79 Å². The van der Waals surface area contributed by atoms with E-state index in [-0.39, 0.29) is 38.6 Å². The first-order valence-electron chi connectivity index (χ1n) is 24.4. The van der Waals surface area contributed by atoms with Gasteiger partial charge in [0.05, 0.1) is 25.4 Å². The number of rotatable bonds is 20. The SMILES string of the molecule is CC[C@H](C)[C@@H]1NC(=O)[C@H](CC(N)=O)NC(=O)[C@H]([C@@H](C)CC)NC(=O)[C@H](CC(=O)O)NC(=O)[C@H]([C@@H](C)CC)NC(=O)[C@H](CC(N)=O)NC(=O)[C@H]([C@@H](C)O)NC(=O)[C@H](CCC(=O)O)NC(=O)[C@H](CCCNC(N)=O)NC1=O. The summed E-state index contributed by atoms with van der Waals surface area (Å²) in [5.74, 6) is -18.4. The number of nitrogens with one attached hydrogen (secondary N) is 10. The van der Waals surface area contributed by atoms with Crippen LogP contribution < -0.4 is 70.4 Å². The van der Waals surface area contributed by atoms with Gasteiger partial charge < -0.3 is 85.7 Å². The van der Waals surface area contributed by atoms with Crippen molar-refractivity contribution in [3.05, 3.63) is 0 Å². The average molecular weight is 1070 g/mol. The van der Waals surface area contributed by atoms with Gasteiger partial charge in [0.25, 0.3) is 0 Å². The number of carboxylic acids is 2. The van der Waals surface area contributed by atoms with Crippen molar-refractivity contribution in [3.63, 3.8) is 0 Å². The first-order valence-corrected chi connectivity index (χ1v) is 24.4. The van der Waals surface area contributed by atoms with Gasteiger partial charge in [-0.05, 0) is 43.9 Å². The van der Waals surface area contributed by atoms with Crippen molar-refractivity contribution in [3.8, 4) is 0 Å². The molecule has 0 unspecified atom stereocenters. The Bertz CT molecular complexity index is 2110. The van der Waals surface area contributed by atoms with E-state index in [1.807, 2.05) is 0 Å². The summed E-state index contributed by atoms with van der Waals surface area (Å²) in [6, 6.07) is -17.0. The second kappa shape index (κ2) is 31.8. The number of aliphatic carboxylic acids is 2. The van der Waals surface area contributed by atoms with Gasteiger partial charge in [0.1, 0.15) is 54.4 Å². The van der Waals surface area contributed by atoms with Crippen LogP contribution in [-0.2, 0) is 62.3 Å². The summed E-state index contributed by atoms with van der Waals surface area (Å²) in [5.41, 5.74) is 16.1. The molecule has 1 aliphatic heterocycles. The molecule has 1 saturated heterocycles. The van der Waals surface area contributed by atoms with Gasteiger partial charge in [-0.2, -0.15) is 0 Å². The Morgan fingerprint density at radius 3 is 1.09 bits per heavy atom. The molecule has 19 N–H and O–H groups in total. The number of urea groups is 1. The summed E-state index contributed by atoms with van der Waals surface area (Å²) >= 11 is 0. The fourth-order valence-electron chi connectivity index (χ4n) is 7.37. The molecule has 0 aromatic rings. The maximum absolute atomic E-state index is 14.2. The quantitative estimate of drug-likeness (QED) is 0.0506. The number of carboxylic acid groups (broad SMARTS) is 2. The van der Waals surface area contributed by atoms with Crippen molar-refractivity contribution in [2.75, 3.05) is 6.54 Å². The van der Waals surface area contributed by atoms with Crippen LogP contribution in [0.1, 0.15) is 113 Å². The van der Waals surface area contributed by atoms with E-state index in [0.717, 1.165) is 6.92 Å². The van der Waals surface area contributed by atoms with Crippen LogP contribution in [0.2, 0.25) is 0 Å². The molecule has 30 heteroatoms. The van der Waals surface area contributed by atoms with Gasteiger partial charge in [0.2, 0.25) is 65.0 Å². The van der Waals surface area contributed by atoms with Gasteiger partial charge in [-0.15, -0.1) is 0 Å². The van der Waals surface area contributed by atoms with Crippen molar-refractivity contribution in [1.29, 1.82) is 0 Å². The summed E-state index contributed by atoms with van der Waals surface area (Å²) < 4.78 is 0. The van der Waals surface area contributed by atoms with E-state index in [1.165, 1.54) is 20.8 Å². The Labute approximate surface area is 432 Å². The molecule has 0 aromatic heterocycles. The smallest absolute Gasteiger partial charge is 0.312 e. The molecular weight excluding hydrogens is 995 g/mol. The molecule has 1 rings (SSSR count). The molecule has 0 aliphatic carbocycles. The number of primary amides is 3. The predicted octanol–water partition coefficient (Wildman–Crippen LogP) is -5.58. The second-order valence-corrected chi connectivity index (χ2v) is 18.5. The standard InChI is InChI=1S/C45H75N13O17/c1-8-19(4)32-41(71)51-23(12-11-15-49-45(48)75)36(66)50-24(13-14-30(62)63)37(67)58-35(22(7)59)44(74)53-26(17-29(47)61)39(69)56-34(21(6)10-3)43(73)54-27(18-31(64)65)40(70)57-33(20(5)9-2)42(72)52-25(16-28(46)60)38(68)55-32/h19-27,32-35,59H,8-18H2,1-7H3,(H2,46,60)(H2,47,61)(H,50,66)(H,51,71)(H,52,72)(H,53,74)(H,54,73)(H,55,68)(H,56,69)(H,57,70)(H,58,67)(H,62,63)(H,64,65)(H3,48,49,75)/t19-,20-,21-,22+,23-,24-,25-,26-,27-,32-,33-,34-,35-/m0/s1. The zero-order chi connectivity index (χ0) is 57.4. The Balaban J connectivity index is 4.24. The van der Waals surface area contributed by atoms with Crippen molar-refractivity contribution < 1.29 is 82.4 Å². The molecule has 1 heterocycles. The maximum atomic E-state index is 14.2. The molecule has 0 spiro atoms. The average Bonchev–Trinajstić information content (AvgIpc) is 3.32. The molecule has 1 fully saturated rings. The molecule has 13 atom stereocenters. The van der Waals surface area contributed by atoms with E-state index >= 15 is 0 Å². The van der Waals surface area contributed by atoms with Crippen molar-refractivity contribution >= 4 is 82.9 Å². The third-order valence-corrected chi connectivity index (χ3v) is 12.4. The highest BCUT2D eigenvalue weighted by atomic mass is 16.4. The van der Waals surface area contributed by atoms with Crippen molar-refractivity contribution in [2.45, 2.75) is 173 Å². The van der Waals surface area contributed by atoms with Gasteiger partial charge in [0, 0.05) is 13.0 Å². The third-order valence-electron chi connectivity index (χ3n) is 12.4. The lowest BCUT2D eigenvalue weighted by Gasteiger charge is -2.30. The van der Waals surface area contributed by atoms with Gasteiger partial charge in [-0.25, -0.2) is 4.79 Å². The van der Waals surface area contributed by atoms with Crippen molar-refractivity contribution in [1.82, 2.24) is 53.2 Å². The molecule has 75 heavy (non-hydrogen) atoms. The van der Waals surface area contributed by atoms with Crippen LogP contribution in [0.3, 0.4) is 0 Å². The number of amides is 13. The number of aliphatic hydroxyl groups excluding tert-OH is 1. The lowest BCUT2D eigenvalue weighted by Crippen LogP contribution is -2.63. The van der Waals surface area contributed by atoms with Gasteiger partial charge >= 0.3 is 18.0 Å². The third kappa shape index (κ3) is 22.6. The molecule has 30 nitrogen and oxygen atoms in total. The zero-order valence-electron chi connectivity index (χ0n) is 43.1. The monoisotopic (exact) mass is 1070 g/mol. The minimum Gasteiger partial charge on any atom is -0.481 e. The molecule has 422 valence electrons. The number of carbonyl (C=O) groups is 14. The van der Waals surface area contributed by atoms with Gasteiger partial charge in [0.15, 0.2) is 0 Å². The van der Waals surface area contributed by atoms with Crippen LogP contribution >= 0.6 is 0 Å². The second-order valence-electron chi connectivity index (χ2n) is 18.5. The fraction of sp³-hybridized carbons (Fsp3) is 0.689. The highest BCUT2D eigenvalue weighted by molar-refractivity contribution is 6.01. The lowest BCUT2D eigenvalue weighted by atomic mass is 9.95. The maximum Gasteiger partial charge on any atom is 0.312 e. The number of aliphatic hydroxyl groups is 1. The fourth-order valence-corrected chi connectivity index (χ4v) is 7.37. The topological polar surface area (TPSA) is 498 Å². The Morgan fingerprint density at radius 2 is 0.760 bits per heavy atom. The summed E-state index contributed by atoms with van der Waals surface area (Å²) in [6.07, 6.45) is -6.07. The molecule has 0 saturated carbocycles. The van der Waals surface area contributed by atoms with Gasteiger partial charge in [-0.1, -0.05) is 60.8 Å². The van der Waals surface area contributed by atoms with Crippen molar-refractivity contribution in [2.24, 2.45) is 35.0 Å². The molecule has 0 aromatic carbocycles. The summed E-state index contributed by atoms with van der Waals surface area (Å²) in [5, 5.41) is 53.3. The van der Waals surface area contributed by atoms with Crippen LogP contribution in [0.15, 0.2) is 0 Å². The summed E-state index contributed by atoms with van der Waals surface area (Å²) in [4.78, 5) is 186. The Morgan fingerprint density at radius 1 is 0.453 bits per heavy atom. The predicted molar refractivity (Wildman–Crippen MR) is 261 cm³/mol. The van der Waals surface area contributed by atoms with E-state index in [9.17, 15) is 82.4 Å². The first kappa shape index (κ1) is 65.4. The number of hydrogen-bond donors (Lipinski definition) is 16. The van der Waals surface area contributed by atoms with Crippen LogP contribution in [0, 0.1) is 17.8 Å². The minimum atomic E-state index is -2.02. The number of nitrogens with two attached hydrogens (primary N) is 3. The molecule has 1 aliphatic rings. The van der Waals surface area contributed by atoms with E-state index < -0.39 is 193 Å². The highest BCUT2D eigenvalue weighted by Crippen LogP contribution is 2.15. The zero-order valence-corrected chi connectivity index (χ0v) is 43.1. The Kier molecular flexibility index (Phi) is 27.7. The van der Waals surface area contributed by atoms with Crippen LogP contribution in [-0.4, -0.2) is 165 Å². The molecular formula is C45H75N13O17. The largest absolute Gasteiger partial charge is 0.481 e. The summed E-state index contributed by atoms with van der Waals surface area (Å²) in [7, 11) is 0. The molecule has 13 amide bonds. The minimum absolute atomic E-state index is 0.0715. The Hall–Kier alpha value is -7.66. The van der Waals surface area contributed by atoms with Crippen LogP contribution in [0.5, 0.6) is 0 Å². The highest BCUT2D eigenvalue weighted by Gasteiger charge is 2.40. The molecule has 0 bridgehead atoms. The van der Waals surface area contributed by atoms with E-state index in [0.29, 0.717) is 0 Å². The first-order chi connectivity index (χ1) is 35.0.